The molecule has 0 radical (unpaired) electrons. The molecule has 0 unspecified atom stereocenters. The second-order valence-corrected chi connectivity index (χ2v) is 2.44. The molecular weight excluding hydrogens is 156 g/mol. The van der Waals surface area contributed by atoms with E-state index in [9.17, 15) is 9.59 Å². The smallest absolute Gasteiger partial charge is 0.341 e. The van der Waals surface area contributed by atoms with Gasteiger partial charge in [-0.1, -0.05) is 12.2 Å². The molecule has 0 aromatic rings. The highest BCUT2D eigenvalue weighted by atomic mass is 16.5. The van der Waals surface area contributed by atoms with E-state index in [1.165, 1.54) is 0 Å². The van der Waals surface area contributed by atoms with Crippen molar-refractivity contribution in [1.29, 1.82) is 0 Å². The molecule has 0 atom stereocenters. The number of allylic oxidation sites excluding steroid dienone is 2. The Balaban J connectivity index is 3.01. The van der Waals surface area contributed by atoms with Gasteiger partial charge in [0.2, 0.25) is 0 Å². The van der Waals surface area contributed by atoms with Crippen LogP contribution in [0.5, 0.6) is 0 Å². The molecule has 0 saturated carbocycles. The minimum atomic E-state index is -0.510. The summed E-state index contributed by atoms with van der Waals surface area (Å²) in [5, 5.41) is 0. The zero-order valence-electron chi connectivity index (χ0n) is 6.87. The second-order valence-electron chi connectivity index (χ2n) is 2.44. The molecule has 0 spiro atoms. The summed E-state index contributed by atoms with van der Waals surface area (Å²) >= 11 is 0. The van der Waals surface area contributed by atoms with Crippen LogP contribution in [0, 0.1) is 0 Å². The lowest BCUT2D eigenvalue weighted by atomic mass is 10.0. The number of cyclic esters (lactones) is 1. The van der Waals surface area contributed by atoms with Crippen molar-refractivity contribution in [2.75, 3.05) is 6.61 Å². The lowest BCUT2D eigenvalue weighted by Gasteiger charge is -2.13. The Hall–Kier alpha value is -1.38. The van der Waals surface area contributed by atoms with E-state index < -0.39 is 5.97 Å². The maximum atomic E-state index is 11.0. The van der Waals surface area contributed by atoms with Crippen molar-refractivity contribution in [3.05, 3.63) is 23.3 Å². The average Bonchev–Trinajstić information content (AvgIpc) is 2.05. The Morgan fingerprint density at radius 2 is 2.25 bits per heavy atom. The van der Waals surface area contributed by atoms with Crippen LogP contribution in [0.1, 0.15) is 13.3 Å². The Bertz CT molecular complexity index is 261. The molecule has 0 aliphatic carbocycles. The Kier molecular flexibility index (Phi) is 2.80. The van der Waals surface area contributed by atoms with Gasteiger partial charge >= 0.3 is 5.97 Å². The van der Waals surface area contributed by atoms with Crippen molar-refractivity contribution in [3.8, 4) is 0 Å². The van der Waals surface area contributed by atoms with Crippen LogP contribution in [0.15, 0.2) is 23.3 Å². The molecule has 1 aliphatic rings. The van der Waals surface area contributed by atoms with E-state index in [2.05, 4.69) is 0 Å². The van der Waals surface area contributed by atoms with Crippen LogP contribution in [0.4, 0.5) is 0 Å². The number of carbonyl (C=O) groups is 2. The summed E-state index contributed by atoms with van der Waals surface area (Å²) in [6.45, 7) is 2.21. The molecule has 0 saturated heterocycles. The number of carbonyl (C=O) groups excluding carboxylic acids is 2. The van der Waals surface area contributed by atoms with Crippen molar-refractivity contribution in [2.24, 2.45) is 0 Å². The van der Waals surface area contributed by atoms with Gasteiger partial charge in [0.1, 0.15) is 5.57 Å². The van der Waals surface area contributed by atoms with E-state index in [1.807, 2.05) is 6.92 Å². The minimum Gasteiger partial charge on any atom is -0.462 e. The summed E-state index contributed by atoms with van der Waals surface area (Å²) in [5.41, 5.74) is 0.920. The molecule has 64 valence electrons. The predicted octanol–water partition coefficient (Wildman–Crippen LogP) is 1.00. The molecule has 0 aromatic carbocycles. The molecule has 1 aliphatic heterocycles. The molecule has 0 N–H and O–H groups in total. The van der Waals surface area contributed by atoms with E-state index in [0.717, 1.165) is 5.57 Å². The Morgan fingerprint density at radius 3 is 2.83 bits per heavy atom. The fourth-order valence-corrected chi connectivity index (χ4v) is 1.10. The fourth-order valence-electron chi connectivity index (χ4n) is 1.10. The van der Waals surface area contributed by atoms with E-state index >= 15 is 0 Å². The maximum Gasteiger partial charge on any atom is 0.341 e. The SMILES string of the molecule is C/C=C/C1=C(C=O)C(=O)OCC1. The molecule has 12 heavy (non-hydrogen) atoms. The molecule has 0 bridgehead atoms. The van der Waals surface area contributed by atoms with Gasteiger partial charge in [-0.2, -0.15) is 0 Å². The monoisotopic (exact) mass is 166 g/mol. The lowest BCUT2D eigenvalue weighted by Crippen LogP contribution is -2.17. The van der Waals surface area contributed by atoms with Crippen molar-refractivity contribution in [1.82, 2.24) is 0 Å². The topological polar surface area (TPSA) is 43.4 Å². The highest BCUT2D eigenvalue weighted by Crippen LogP contribution is 2.16. The van der Waals surface area contributed by atoms with Gasteiger partial charge in [-0.3, -0.25) is 4.79 Å². The summed E-state index contributed by atoms with van der Waals surface area (Å²) in [6.07, 6.45) is 4.75. The van der Waals surface area contributed by atoms with Gasteiger partial charge in [-0.05, 0) is 12.5 Å². The Labute approximate surface area is 70.7 Å². The number of aldehydes is 1. The maximum absolute atomic E-state index is 11.0. The second kappa shape index (κ2) is 3.85. The molecule has 3 heteroatoms. The number of ether oxygens (including phenoxy) is 1. The third kappa shape index (κ3) is 1.61. The molecule has 3 nitrogen and oxygen atoms in total. The number of esters is 1. The first-order valence-corrected chi connectivity index (χ1v) is 3.77. The van der Waals surface area contributed by atoms with Crippen LogP contribution >= 0.6 is 0 Å². The normalized spacial score (nSPS) is 18.2. The predicted molar refractivity (Wildman–Crippen MR) is 43.5 cm³/mol. The zero-order chi connectivity index (χ0) is 8.97. The van der Waals surface area contributed by atoms with Crippen LogP contribution in [-0.4, -0.2) is 18.9 Å². The van der Waals surface area contributed by atoms with Crippen molar-refractivity contribution in [3.63, 3.8) is 0 Å². The quantitative estimate of drug-likeness (QED) is 0.349. The number of rotatable bonds is 2. The lowest BCUT2D eigenvalue weighted by molar-refractivity contribution is -0.140. The molecule has 0 amide bonds. The Morgan fingerprint density at radius 1 is 1.50 bits per heavy atom. The molecule has 0 aromatic heterocycles. The first kappa shape index (κ1) is 8.71. The summed E-state index contributed by atoms with van der Waals surface area (Å²) in [5.74, 6) is -0.510. The minimum absolute atomic E-state index is 0.152. The molecule has 1 rings (SSSR count). The van der Waals surface area contributed by atoms with Gasteiger partial charge in [-0.25, -0.2) is 4.79 Å². The number of hydrogen-bond donors (Lipinski definition) is 0. The van der Waals surface area contributed by atoms with Crippen LogP contribution in [-0.2, 0) is 14.3 Å². The zero-order valence-corrected chi connectivity index (χ0v) is 6.87. The standard InChI is InChI=1S/C9H10O3/c1-2-3-7-4-5-12-9(11)8(7)6-10/h2-3,6H,4-5H2,1H3/b3-2+. The van der Waals surface area contributed by atoms with Gasteiger partial charge in [0.15, 0.2) is 6.29 Å². The average molecular weight is 166 g/mol. The van der Waals surface area contributed by atoms with Crippen molar-refractivity contribution < 1.29 is 14.3 Å². The molecular formula is C9H10O3. The summed E-state index contributed by atoms with van der Waals surface area (Å²) in [4.78, 5) is 21.4. The van der Waals surface area contributed by atoms with E-state index in [1.54, 1.807) is 12.2 Å². The van der Waals surface area contributed by atoms with Gasteiger partial charge in [0.25, 0.3) is 0 Å². The van der Waals surface area contributed by atoms with E-state index in [0.29, 0.717) is 19.3 Å². The first-order valence-electron chi connectivity index (χ1n) is 3.77. The largest absolute Gasteiger partial charge is 0.462 e. The van der Waals surface area contributed by atoms with Crippen LogP contribution in [0.25, 0.3) is 0 Å². The van der Waals surface area contributed by atoms with Gasteiger partial charge in [0.05, 0.1) is 6.61 Å². The van der Waals surface area contributed by atoms with Gasteiger partial charge in [-0.15, -0.1) is 0 Å². The summed E-state index contributed by atoms with van der Waals surface area (Å²) in [7, 11) is 0. The van der Waals surface area contributed by atoms with Crippen LogP contribution in [0.3, 0.4) is 0 Å². The highest BCUT2D eigenvalue weighted by Gasteiger charge is 2.19. The van der Waals surface area contributed by atoms with E-state index in [4.69, 9.17) is 4.74 Å². The first-order chi connectivity index (χ1) is 5.79. The van der Waals surface area contributed by atoms with E-state index in [-0.39, 0.29) is 5.57 Å². The van der Waals surface area contributed by atoms with Crippen molar-refractivity contribution in [2.45, 2.75) is 13.3 Å². The number of hydrogen-bond acceptors (Lipinski definition) is 3. The molecule has 0 fully saturated rings. The van der Waals surface area contributed by atoms with Crippen LogP contribution < -0.4 is 0 Å². The third-order valence-electron chi connectivity index (χ3n) is 1.66. The van der Waals surface area contributed by atoms with Crippen LogP contribution in [0.2, 0.25) is 0 Å². The van der Waals surface area contributed by atoms with Gasteiger partial charge in [0, 0.05) is 6.42 Å². The van der Waals surface area contributed by atoms with Gasteiger partial charge < -0.3 is 4.74 Å². The molecule has 1 heterocycles. The third-order valence-corrected chi connectivity index (χ3v) is 1.66. The fraction of sp³-hybridized carbons (Fsp3) is 0.333. The van der Waals surface area contributed by atoms with Crippen molar-refractivity contribution >= 4 is 12.3 Å². The summed E-state index contributed by atoms with van der Waals surface area (Å²) in [6, 6.07) is 0. The summed E-state index contributed by atoms with van der Waals surface area (Å²) < 4.78 is 4.70. The highest BCUT2D eigenvalue weighted by molar-refractivity contribution is 6.09.